The predicted octanol–water partition coefficient (Wildman–Crippen LogP) is 1.45. The minimum absolute atomic E-state index is 0.00999. The van der Waals surface area contributed by atoms with E-state index in [0.717, 1.165) is 45.6 Å². The van der Waals surface area contributed by atoms with E-state index in [2.05, 4.69) is 17.1 Å². The van der Waals surface area contributed by atoms with E-state index in [-0.39, 0.29) is 18.0 Å². The first-order chi connectivity index (χ1) is 10.3. The Morgan fingerprint density at radius 3 is 2.64 bits per heavy atom. The van der Waals surface area contributed by atoms with Gasteiger partial charge in [0.15, 0.2) is 0 Å². The second kappa shape index (κ2) is 6.86. The number of amides is 2. The molecule has 1 atom stereocenters. The third kappa shape index (κ3) is 4.35. The Hall–Kier alpha value is -1.30. The fraction of sp³-hybridized carbons (Fsp3) is 0.875. The highest BCUT2D eigenvalue weighted by molar-refractivity contribution is 5.82. The summed E-state index contributed by atoms with van der Waals surface area (Å²) in [6.07, 6.45) is 1.66. The molecule has 0 bridgehead atoms. The Bertz CT molecular complexity index is 413. The molecule has 6 heteroatoms. The van der Waals surface area contributed by atoms with Crippen LogP contribution in [0.5, 0.6) is 0 Å². The van der Waals surface area contributed by atoms with Crippen molar-refractivity contribution in [2.45, 2.75) is 52.2 Å². The van der Waals surface area contributed by atoms with Gasteiger partial charge in [0.25, 0.3) is 0 Å². The third-order valence-electron chi connectivity index (χ3n) is 4.26. The Kier molecular flexibility index (Phi) is 5.32. The van der Waals surface area contributed by atoms with Crippen molar-refractivity contribution in [2.24, 2.45) is 5.92 Å². The van der Waals surface area contributed by atoms with Gasteiger partial charge in [-0.2, -0.15) is 0 Å². The minimum Gasteiger partial charge on any atom is -0.444 e. The van der Waals surface area contributed by atoms with Crippen LogP contribution >= 0.6 is 0 Å². The summed E-state index contributed by atoms with van der Waals surface area (Å²) in [4.78, 5) is 27.7. The highest BCUT2D eigenvalue weighted by Gasteiger charge is 2.35. The molecule has 0 aliphatic carbocycles. The average Bonchev–Trinajstić information content (AvgIpc) is 2.34. The molecule has 6 nitrogen and oxygen atoms in total. The van der Waals surface area contributed by atoms with Gasteiger partial charge in [-0.05, 0) is 46.1 Å². The lowest BCUT2D eigenvalue weighted by molar-refractivity contribution is -0.129. The van der Waals surface area contributed by atoms with Crippen LogP contribution in [0.4, 0.5) is 4.79 Å². The van der Waals surface area contributed by atoms with E-state index in [1.165, 1.54) is 0 Å². The fourth-order valence-corrected chi connectivity index (χ4v) is 3.05. The van der Waals surface area contributed by atoms with E-state index in [9.17, 15) is 9.59 Å². The number of nitrogens with zero attached hydrogens (tertiary/aromatic N) is 2. The van der Waals surface area contributed by atoms with Crippen molar-refractivity contribution < 1.29 is 14.3 Å². The molecule has 2 amide bonds. The number of hydrogen-bond acceptors (Lipinski definition) is 4. The third-order valence-corrected chi connectivity index (χ3v) is 4.26. The Balaban J connectivity index is 1.70. The maximum absolute atomic E-state index is 11.9. The van der Waals surface area contributed by atoms with Crippen LogP contribution in [0.3, 0.4) is 0 Å². The molecule has 22 heavy (non-hydrogen) atoms. The zero-order valence-corrected chi connectivity index (χ0v) is 14.2. The van der Waals surface area contributed by atoms with Crippen molar-refractivity contribution in [3.05, 3.63) is 0 Å². The molecule has 0 spiro atoms. The molecule has 2 fully saturated rings. The number of ether oxygens (including phenoxy) is 1. The first-order valence-electron chi connectivity index (χ1n) is 8.30. The molecule has 2 aliphatic heterocycles. The van der Waals surface area contributed by atoms with Gasteiger partial charge in [-0.1, -0.05) is 6.92 Å². The van der Waals surface area contributed by atoms with Crippen molar-refractivity contribution in [1.82, 2.24) is 15.1 Å². The van der Waals surface area contributed by atoms with E-state index >= 15 is 0 Å². The van der Waals surface area contributed by atoms with E-state index in [0.29, 0.717) is 5.92 Å². The van der Waals surface area contributed by atoms with Crippen molar-refractivity contribution in [1.29, 1.82) is 0 Å². The predicted molar refractivity (Wildman–Crippen MR) is 84.6 cm³/mol. The van der Waals surface area contributed by atoms with E-state index in [4.69, 9.17) is 4.74 Å². The standard InChI is InChI=1S/C16H29N3O3/c1-5-13-14(20)17-7-9-18(13)8-6-12-10-19(11-12)15(21)22-16(2,3)4/h12-13H,5-11H2,1-4H3,(H,17,20)/t13-/m0/s1. The molecule has 2 rings (SSSR count). The maximum atomic E-state index is 11.9. The molecule has 0 radical (unpaired) electrons. The average molecular weight is 311 g/mol. The number of carbonyl (C=O) groups is 2. The molecular weight excluding hydrogens is 282 g/mol. The quantitative estimate of drug-likeness (QED) is 0.854. The number of likely N-dealkylation sites (tertiary alicyclic amines) is 1. The molecule has 2 heterocycles. The van der Waals surface area contributed by atoms with Gasteiger partial charge in [0.1, 0.15) is 5.60 Å². The van der Waals surface area contributed by atoms with Crippen LogP contribution < -0.4 is 5.32 Å². The molecular formula is C16H29N3O3. The molecule has 0 aromatic heterocycles. The largest absolute Gasteiger partial charge is 0.444 e. The number of hydrogen-bond donors (Lipinski definition) is 1. The highest BCUT2D eigenvalue weighted by atomic mass is 16.6. The summed E-state index contributed by atoms with van der Waals surface area (Å²) in [5, 5.41) is 2.92. The lowest BCUT2D eigenvalue weighted by atomic mass is 9.96. The summed E-state index contributed by atoms with van der Waals surface area (Å²) in [6.45, 7) is 11.8. The Labute approximate surface area is 133 Å². The molecule has 1 N–H and O–H groups in total. The van der Waals surface area contributed by atoms with Gasteiger partial charge >= 0.3 is 6.09 Å². The van der Waals surface area contributed by atoms with Crippen LogP contribution in [0.2, 0.25) is 0 Å². The van der Waals surface area contributed by atoms with Gasteiger partial charge in [0.05, 0.1) is 6.04 Å². The first-order valence-corrected chi connectivity index (χ1v) is 8.30. The molecule has 0 saturated carbocycles. The van der Waals surface area contributed by atoms with Gasteiger partial charge < -0.3 is 15.0 Å². The maximum Gasteiger partial charge on any atom is 0.410 e. The minimum atomic E-state index is -0.433. The van der Waals surface area contributed by atoms with Gasteiger partial charge in [0.2, 0.25) is 5.91 Å². The normalized spacial score (nSPS) is 23.9. The van der Waals surface area contributed by atoms with Gasteiger partial charge in [-0.15, -0.1) is 0 Å². The summed E-state index contributed by atoms with van der Waals surface area (Å²) in [7, 11) is 0. The number of carbonyl (C=O) groups excluding carboxylic acids is 2. The Morgan fingerprint density at radius 1 is 1.36 bits per heavy atom. The first kappa shape index (κ1) is 17.1. The van der Waals surface area contributed by atoms with Gasteiger partial charge in [-0.3, -0.25) is 9.69 Å². The van der Waals surface area contributed by atoms with Gasteiger partial charge in [0, 0.05) is 26.2 Å². The Morgan fingerprint density at radius 2 is 2.05 bits per heavy atom. The van der Waals surface area contributed by atoms with Gasteiger partial charge in [-0.25, -0.2) is 4.79 Å². The lowest BCUT2D eigenvalue weighted by Crippen LogP contribution is -2.56. The fourth-order valence-electron chi connectivity index (χ4n) is 3.05. The number of rotatable bonds is 4. The molecule has 2 aliphatic rings. The van der Waals surface area contributed by atoms with E-state index in [1.54, 1.807) is 4.90 Å². The molecule has 0 unspecified atom stereocenters. The van der Waals surface area contributed by atoms with Crippen LogP contribution in [0.25, 0.3) is 0 Å². The number of nitrogens with one attached hydrogen (secondary N) is 1. The summed E-state index contributed by atoms with van der Waals surface area (Å²) < 4.78 is 5.36. The summed E-state index contributed by atoms with van der Waals surface area (Å²) in [5.74, 6) is 0.674. The van der Waals surface area contributed by atoms with E-state index in [1.807, 2.05) is 20.8 Å². The molecule has 126 valence electrons. The highest BCUT2D eigenvalue weighted by Crippen LogP contribution is 2.23. The lowest BCUT2D eigenvalue weighted by Gasteiger charge is -2.41. The molecule has 0 aromatic rings. The second-order valence-electron chi connectivity index (χ2n) is 7.29. The van der Waals surface area contributed by atoms with Crippen LogP contribution in [-0.2, 0) is 9.53 Å². The van der Waals surface area contributed by atoms with Crippen molar-refractivity contribution >= 4 is 12.0 Å². The molecule has 0 aromatic carbocycles. The second-order valence-corrected chi connectivity index (χ2v) is 7.29. The van der Waals surface area contributed by atoms with Crippen molar-refractivity contribution in [3.8, 4) is 0 Å². The zero-order chi connectivity index (χ0) is 16.3. The SMILES string of the molecule is CC[C@H]1C(=O)NCCN1CCC1CN(C(=O)OC(C)(C)C)C1. The van der Waals surface area contributed by atoms with Crippen LogP contribution in [0.15, 0.2) is 0 Å². The summed E-state index contributed by atoms with van der Waals surface area (Å²) >= 11 is 0. The van der Waals surface area contributed by atoms with Crippen molar-refractivity contribution in [2.75, 3.05) is 32.7 Å². The summed E-state index contributed by atoms with van der Waals surface area (Å²) in [5.41, 5.74) is -0.433. The van der Waals surface area contributed by atoms with Crippen LogP contribution in [0, 0.1) is 5.92 Å². The molecule has 2 saturated heterocycles. The van der Waals surface area contributed by atoms with E-state index < -0.39 is 5.60 Å². The smallest absolute Gasteiger partial charge is 0.410 e. The topological polar surface area (TPSA) is 61.9 Å². The van der Waals surface area contributed by atoms with Crippen LogP contribution in [-0.4, -0.2) is 66.2 Å². The number of piperazine rings is 1. The summed E-state index contributed by atoms with van der Waals surface area (Å²) in [6, 6.07) is 0.00999. The van der Waals surface area contributed by atoms with Crippen molar-refractivity contribution in [3.63, 3.8) is 0 Å². The monoisotopic (exact) mass is 311 g/mol. The zero-order valence-electron chi connectivity index (χ0n) is 14.2. The van der Waals surface area contributed by atoms with Crippen LogP contribution in [0.1, 0.15) is 40.5 Å².